The Bertz CT molecular complexity index is 774. The number of nitrogens with zero attached hydrogens (tertiary/aromatic N) is 1. The molecule has 27 heavy (non-hydrogen) atoms. The van der Waals surface area contributed by atoms with E-state index in [9.17, 15) is 4.91 Å². The largest absolute Gasteiger partial charge is 1.00 e. The number of rotatable bonds is 5. The van der Waals surface area contributed by atoms with Crippen LogP contribution in [0.5, 0.6) is 0 Å². The number of nitroso groups, excluding NO2 is 1. The molecule has 4 rings (SSSR count). The average molecular weight is 398 g/mol. The monoisotopic (exact) mass is 397 g/mol. The van der Waals surface area contributed by atoms with E-state index in [1.807, 2.05) is 0 Å². The van der Waals surface area contributed by atoms with Gasteiger partial charge in [0.25, 0.3) is 0 Å². The van der Waals surface area contributed by atoms with Crippen molar-refractivity contribution in [2.45, 2.75) is 18.9 Å². The first-order valence-corrected chi connectivity index (χ1v) is 11.6. The summed E-state index contributed by atoms with van der Waals surface area (Å²) in [4.78, 5) is 12.5. The Morgan fingerprint density at radius 1 is 0.741 bits per heavy atom. The fourth-order valence-corrected chi connectivity index (χ4v) is 9.49. The molecule has 0 aromatic heterocycles. The number of benzene rings is 3. The van der Waals surface area contributed by atoms with Crippen LogP contribution in [0.4, 0.5) is 0 Å². The van der Waals surface area contributed by atoms with Crippen molar-refractivity contribution in [1.82, 2.24) is 0 Å². The number of hydrogen-bond donors (Lipinski definition) is 0. The molecule has 140 valence electrons. The summed E-state index contributed by atoms with van der Waals surface area (Å²) >= 11 is 0. The molecule has 3 aromatic rings. The van der Waals surface area contributed by atoms with Crippen molar-refractivity contribution in [3.8, 4) is 0 Å². The van der Waals surface area contributed by atoms with Gasteiger partial charge in [-0.15, -0.1) is 0 Å². The maximum absolute atomic E-state index is 12.5. The molecule has 0 spiro atoms. The van der Waals surface area contributed by atoms with Crippen molar-refractivity contribution in [3.05, 3.63) is 95.9 Å². The smallest absolute Gasteiger partial charge is 1.00 e. The third-order valence-corrected chi connectivity index (χ3v) is 10.7. The standard InChI is InChI=1S/C23H25NOP.ClH/c25-24-18-10-11-20(24)19-26(21-12-4-1-5-13-21,22-14-6-2-7-15-22)23-16-8-3-9-17-23;/h1-9,12-17,20,26H,10-11,18-19H2;1H/q+1;/p-1. The van der Waals surface area contributed by atoms with Crippen LogP contribution in [0.3, 0.4) is 0 Å². The van der Waals surface area contributed by atoms with Gasteiger partial charge in [0.15, 0.2) is 0 Å². The van der Waals surface area contributed by atoms with Crippen LogP contribution in [0.25, 0.3) is 0 Å². The molecule has 4 heteroatoms. The number of halogens is 1. The summed E-state index contributed by atoms with van der Waals surface area (Å²) in [7, 11) is -2.27. The minimum Gasteiger partial charge on any atom is -1.00 e. The van der Waals surface area contributed by atoms with Gasteiger partial charge in [-0.25, -0.2) is 0 Å². The second kappa shape index (κ2) is 8.78. The molecule has 1 aliphatic rings. The van der Waals surface area contributed by atoms with E-state index < -0.39 is 7.26 Å². The third kappa shape index (κ3) is 3.83. The molecule has 0 bridgehead atoms. The van der Waals surface area contributed by atoms with Crippen molar-refractivity contribution in [2.24, 2.45) is 0 Å². The van der Waals surface area contributed by atoms with E-state index in [-0.39, 0.29) is 18.4 Å². The summed E-state index contributed by atoms with van der Waals surface area (Å²) < 4.78 is 1.33. The quantitative estimate of drug-likeness (QED) is 0.457. The van der Waals surface area contributed by atoms with Gasteiger partial charge in [-0.1, -0.05) is 0 Å². The van der Waals surface area contributed by atoms with Crippen LogP contribution in [0.2, 0.25) is 0 Å². The van der Waals surface area contributed by atoms with Crippen LogP contribution in [0.15, 0.2) is 91.0 Å². The molecule has 0 radical (unpaired) electrons. The molecular formula is C23H25ClNOP. The maximum atomic E-state index is 12.5. The molecule has 0 N–H and O–H groups in total. The zero-order valence-corrected chi connectivity index (χ0v) is 17.1. The molecule has 0 aliphatic carbocycles. The molecular weight excluding hydrogens is 373 g/mol. The van der Waals surface area contributed by atoms with E-state index >= 15 is 0 Å². The summed E-state index contributed by atoms with van der Waals surface area (Å²) in [6, 6.07) is 32.7. The fraction of sp³-hybridized carbons (Fsp3) is 0.217. The first-order valence-electron chi connectivity index (χ1n) is 9.41. The summed E-state index contributed by atoms with van der Waals surface area (Å²) in [6.07, 6.45) is 2.95. The molecule has 2 nitrogen and oxygen atoms in total. The second-order valence-corrected chi connectivity index (χ2v) is 11.1. The van der Waals surface area contributed by atoms with Crippen LogP contribution < -0.4 is 28.3 Å². The molecule has 1 aliphatic heterocycles. The van der Waals surface area contributed by atoms with Crippen LogP contribution in [-0.4, -0.2) is 23.5 Å². The third-order valence-electron chi connectivity index (χ3n) is 5.66. The van der Waals surface area contributed by atoms with Gasteiger partial charge < -0.3 is 12.4 Å². The Balaban J connectivity index is 0.00000210. The van der Waals surface area contributed by atoms with Crippen molar-refractivity contribution >= 4 is 23.2 Å². The minimum atomic E-state index is -2.27. The van der Waals surface area contributed by atoms with Crippen molar-refractivity contribution in [3.63, 3.8) is 0 Å². The van der Waals surface area contributed by atoms with Gasteiger partial charge in [-0.3, -0.25) is 0 Å². The van der Waals surface area contributed by atoms with Gasteiger partial charge in [0.1, 0.15) is 0 Å². The van der Waals surface area contributed by atoms with Gasteiger partial charge in [0, 0.05) is 0 Å². The summed E-state index contributed by atoms with van der Waals surface area (Å²) in [5.41, 5.74) is 0. The van der Waals surface area contributed by atoms with E-state index in [2.05, 4.69) is 91.0 Å². The van der Waals surface area contributed by atoms with Crippen LogP contribution >= 0.6 is 7.26 Å². The second-order valence-electron chi connectivity index (χ2n) is 7.14. The van der Waals surface area contributed by atoms with Crippen molar-refractivity contribution in [1.29, 1.82) is 0 Å². The van der Waals surface area contributed by atoms with E-state index in [4.69, 9.17) is 0 Å². The minimum absolute atomic E-state index is 0. The molecule has 1 saturated heterocycles. The van der Waals surface area contributed by atoms with Gasteiger partial charge in [-0.05, 0) is 0 Å². The SMILES string of the molecule is O=[N+]1CCCC1C[PH](c1ccccc1)(c1ccccc1)c1ccccc1.[Cl-]. The summed E-state index contributed by atoms with van der Waals surface area (Å²) in [5.74, 6) is 0. The molecule has 0 amide bonds. The predicted octanol–water partition coefficient (Wildman–Crippen LogP) is 0.658. The molecule has 1 atom stereocenters. The average Bonchev–Trinajstić information content (AvgIpc) is 3.12. The normalized spacial score (nSPS) is 17.3. The topological polar surface area (TPSA) is 20.1 Å². The van der Waals surface area contributed by atoms with Gasteiger partial charge >= 0.3 is 155 Å². The van der Waals surface area contributed by atoms with Crippen LogP contribution in [-0.2, 0) is 0 Å². The zero-order valence-electron chi connectivity index (χ0n) is 15.3. The van der Waals surface area contributed by atoms with Crippen LogP contribution in [0, 0.1) is 4.91 Å². The Kier molecular flexibility index (Phi) is 6.42. The van der Waals surface area contributed by atoms with Crippen LogP contribution in [0.1, 0.15) is 12.8 Å². The zero-order chi connectivity index (χ0) is 17.8. The molecule has 1 unspecified atom stereocenters. The molecule has 1 fully saturated rings. The van der Waals surface area contributed by atoms with E-state index in [1.165, 1.54) is 20.7 Å². The fourth-order valence-electron chi connectivity index (χ4n) is 4.39. The van der Waals surface area contributed by atoms with Gasteiger partial charge in [-0.2, -0.15) is 0 Å². The number of hydrogen-bond acceptors (Lipinski definition) is 1. The Labute approximate surface area is 168 Å². The van der Waals surface area contributed by atoms with E-state index in [0.717, 1.165) is 19.0 Å². The Morgan fingerprint density at radius 2 is 1.15 bits per heavy atom. The van der Waals surface area contributed by atoms with Crippen molar-refractivity contribution < 1.29 is 17.2 Å². The first-order chi connectivity index (χ1) is 12.8. The van der Waals surface area contributed by atoms with Crippen molar-refractivity contribution in [2.75, 3.05) is 12.7 Å². The molecule has 3 aromatic carbocycles. The Hall–Kier alpha value is -2.02. The summed E-state index contributed by atoms with van der Waals surface area (Å²) in [5, 5.41) is 4.16. The molecule has 1 heterocycles. The predicted molar refractivity (Wildman–Crippen MR) is 113 cm³/mol. The maximum Gasteiger partial charge on any atom is -1.00 e. The van der Waals surface area contributed by atoms with E-state index in [1.54, 1.807) is 0 Å². The molecule has 0 saturated carbocycles. The Morgan fingerprint density at radius 3 is 1.48 bits per heavy atom. The first kappa shape index (κ1) is 19.7. The summed E-state index contributed by atoms with van der Waals surface area (Å²) in [6.45, 7) is 0.674. The van der Waals surface area contributed by atoms with E-state index in [0.29, 0.717) is 6.54 Å². The van der Waals surface area contributed by atoms with Gasteiger partial charge in [0.2, 0.25) is 0 Å². The van der Waals surface area contributed by atoms with Gasteiger partial charge in [0.05, 0.1) is 0 Å².